The molecule has 0 aromatic carbocycles. The number of carbonyl (C=O) groups is 4. The molecule has 5 atom stereocenters. The van der Waals surface area contributed by atoms with Gasteiger partial charge in [-0.15, -0.1) is 0 Å². The Labute approximate surface area is 556 Å². The van der Waals surface area contributed by atoms with Crippen LogP contribution in [0.1, 0.15) is 369 Å². The maximum Gasteiger partial charge on any atom is 0.472 e. The van der Waals surface area contributed by atoms with Gasteiger partial charge in [-0.3, -0.25) is 37.3 Å². The van der Waals surface area contributed by atoms with Crippen LogP contribution in [0.3, 0.4) is 0 Å². The first-order valence-electron chi connectivity index (χ1n) is 37.5. The predicted molar refractivity (Wildman–Crippen MR) is 368 cm³/mol. The molecule has 0 fully saturated rings. The molecule has 0 aromatic rings. The number of hydrogen-bond donors (Lipinski definition) is 3. The van der Waals surface area contributed by atoms with Gasteiger partial charge in [0.05, 0.1) is 26.4 Å². The van der Waals surface area contributed by atoms with Crippen LogP contribution in [0.25, 0.3) is 0 Å². The van der Waals surface area contributed by atoms with E-state index >= 15 is 0 Å². The normalized spacial score (nSPS) is 14.1. The van der Waals surface area contributed by atoms with Gasteiger partial charge in [0.2, 0.25) is 0 Å². The fourth-order valence-corrected chi connectivity index (χ4v) is 12.5. The molecule has 0 heterocycles. The van der Waals surface area contributed by atoms with Gasteiger partial charge in [0.1, 0.15) is 19.3 Å². The third kappa shape index (κ3) is 66.5. The summed E-state index contributed by atoms with van der Waals surface area (Å²) >= 11 is 0. The Balaban J connectivity index is 5.19. The number of aliphatic hydroxyl groups is 1. The lowest BCUT2D eigenvalue weighted by atomic mass is 10.0. The molecule has 0 amide bonds. The second-order valence-electron chi connectivity index (χ2n) is 26.9. The lowest BCUT2D eigenvalue weighted by Crippen LogP contribution is -2.30. The van der Waals surface area contributed by atoms with Crippen LogP contribution in [0, 0.1) is 11.8 Å². The van der Waals surface area contributed by atoms with Gasteiger partial charge < -0.3 is 33.8 Å². The van der Waals surface area contributed by atoms with Crippen molar-refractivity contribution < 1.29 is 80.2 Å². The van der Waals surface area contributed by atoms with Crippen LogP contribution in [0.15, 0.2) is 0 Å². The number of ether oxygens (including phenoxy) is 4. The molecule has 0 aliphatic heterocycles. The summed E-state index contributed by atoms with van der Waals surface area (Å²) in [5, 5.41) is 10.6. The van der Waals surface area contributed by atoms with Gasteiger partial charge in [-0.1, -0.05) is 318 Å². The van der Waals surface area contributed by atoms with E-state index in [2.05, 4.69) is 41.5 Å². The number of phosphoric ester groups is 2. The molecule has 540 valence electrons. The van der Waals surface area contributed by atoms with Crippen molar-refractivity contribution in [3.8, 4) is 0 Å². The molecule has 91 heavy (non-hydrogen) atoms. The van der Waals surface area contributed by atoms with Gasteiger partial charge in [0, 0.05) is 25.7 Å². The molecule has 2 unspecified atom stereocenters. The summed E-state index contributed by atoms with van der Waals surface area (Å²) < 4.78 is 68.2. The fraction of sp³-hybridized carbons (Fsp3) is 0.944. The van der Waals surface area contributed by atoms with Crippen molar-refractivity contribution in [3.63, 3.8) is 0 Å². The van der Waals surface area contributed by atoms with Gasteiger partial charge in [0.25, 0.3) is 0 Å². The molecular formula is C72H140O17P2. The highest BCUT2D eigenvalue weighted by Gasteiger charge is 2.30. The van der Waals surface area contributed by atoms with Crippen molar-refractivity contribution in [2.24, 2.45) is 11.8 Å². The number of rotatable bonds is 71. The first-order valence-corrected chi connectivity index (χ1v) is 40.5. The number of esters is 4. The highest BCUT2D eigenvalue weighted by Crippen LogP contribution is 2.45. The van der Waals surface area contributed by atoms with Crippen molar-refractivity contribution >= 4 is 39.5 Å². The van der Waals surface area contributed by atoms with E-state index in [0.717, 1.165) is 109 Å². The van der Waals surface area contributed by atoms with Crippen LogP contribution in [0.2, 0.25) is 0 Å². The number of unbranched alkanes of at least 4 members (excludes halogenated alkanes) is 41. The maximum atomic E-state index is 13.0. The van der Waals surface area contributed by atoms with E-state index in [1.807, 2.05) is 0 Å². The molecule has 0 aromatic heterocycles. The lowest BCUT2D eigenvalue weighted by Gasteiger charge is -2.21. The van der Waals surface area contributed by atoms with E-state index in [9.17, 15) is 43.2 Å². The van der Waals surface area contributed by atoms with E-state index < -0.39 is 97.5 Å². The minimum Gasteiger partial charge on any atom is -0.462 e. The van der Waals surface area contributed by atoms with Crippen molar-refractivity contribution in [1.29, 1.82) is 0 Å². The van der Waals surface area contributed by atoms with E-state index in [0.29, 0.717) is 31.6 Å². The summed E-state index contributed by atoms with van der Waals surface area (Å²) in [4.78, 5) is 72.5. The molecule has 0 saturated heterocycles. The van der Waals surface area contributed by atoms with Gasteiger partial charge in [0.15, 0.2) is 12.2 Å². The average molecular weight is 1340 g/mol. The summed E-state index contributed by atoms with van der Waals surface area (Å²) in [5.41, 5.74) is 0. The third-order valence-electron chi connectivity index (χ3n) is 16.7. The van der Waals surface area contributed by atoms with Crippen LogP contribution < -0.4 is 0 Å². The molecule has 0 bridgehead atoms. The summed E-state index contributed by atoms with van der Waals surface area (Å²) in [6, 6.07) is 0. The van der Waals surface area contributed by atoms with E-state index in [1.54, 1.807) is 0 Å². The predicted octanol–water partition coefficient (Wildman–Crippen LogP) is 20.8. The van der Waals surface area contributed by atoms with Crippen LogP contribution >= 0.6 is 15.6 Å². The molecular weight excluding hydrogens is 1200 g/mol. The Morgan fingerprint density at radius 2 is 0.505 bits per heavy atom. The van der Waals surface area contributed by atoms with Gasteiger partial charge >= 0.3 is 39.5 Å². The Bertz CT molecular complexity index is 1770. The zero-order valence-electron chi connectivity index (χ0n) is 59.1. The lowest BCUT2D eigenvalue weighted by molar-refractivity contribution is -0.161. The summed E-state index contributed by atoms with van der Waals surface area (Å²) in [6.45, 7) is 9.48. The summed E-state index contributed by atoms with van der Waals surface area (Å²) in [6.07, 6.45) is 50.2. The number of aliphatic hydroxyl groups excluding tert-OH is 1. The molecule has 0 spiro atoms. The Morgan fingerprint density at radius 3 is 0.747 bits per heavy atom. The molecule has 0 aliphatic carbocycles. The van der Waals surface area contributed by atoms with E-state index in [-0.39, 0.29) is 25.7 Å². The fourth-order valence-electron chi connectivity index (χ4n) is 10.9. The number of hydrogen-bond acceptors (Lipinski definition) is 15. The molecule has 0 aliphatic rings. The Hall–Kier alpha value is -1.94. The van der Waals surface area contributed by atoms with Gasteiger partial charge in [-0.2, -0.15) is 0 Å². The van der Waals surface area contributed by atoms with Crippen LogP contribution in [-0.2, 0) is 65.4 Å². The summed E-state index contributed by atoms with van der Waals surface area (Å²) in [7, 11) is -9.90. The number of phosphoric acid groups is 2. The molecule has 0 radical (unpaired) electrons. The average Bonchev–Trinajstić information content (AvgIpc) is 3.25. The molecule has 3 N–H and O–H groups in total. The van der Waals surface area contributed by atoms with E-state index in [4.69, 9.17) is 37.0 Å². The molecule has 0 rings (SSSR count). The minimum atomic E-state index is -4.95. The third-order valence-corrected chi connectivity index (χ3v) is 18.6. The Kier molecular flexibility index (Phi) is 62.7. The second kappa shape index (κ2) is 64.1. The van der Waals surface area contributed by atoms with Crippen molar-refractivity contribution in [2.45, 2.75) is 387 Å². The zero-order chi connectivity index (χ0) is 67.2. The summed E-state index contributed by atoms with van der Waals surface area (Å²) in [5.74, 6) is -0.637. The largest absolute Gasteiger partial charge is 0.472 e. The maximum absolute atomic E-state index is 13.0. The van der Waals surface area contributed by atoms with Crippen molar-refractivity contribution in [1.82, 2.24) is 0 Å². The standard InChI is InChI=1S/C72H140O17P2/c1-7-9-11-13-15-16-17-18-19-20-21-25-28-31-37-43-49-55-70(75)83-61-68(88-71(76)56-50-44-38-32-29-26-23-22-24-27-30-35-40-46-52-64(3)4)63-87-91(80,81)85-59-66(73)58-84-90(78,79)86-62-67(60-82-69(74)54-48-42-34-14-12-10-8-2)89-72(77)57-51-45-39-33-36-41-47-53-65(5)6/h64-68,73H,7-63H2,1-6H3,(H,78,79)(H,80,81)/t66-,67+,68+/m0/s1. The van der Waals surface area contributed by atoms with Crippen LogP contribution in [0.5, 0.6) is 0 Å². The smallest absolute Gasteiger partial charge is 0.462 e. The monoisotopic (exact) mass is 1340 g/mol. The first kappa shape index (κ1) is 89.1. The first-order chi connectivity index (χ1) is 43.9. The van der Waals surface area contributed by atoms with Crippen molar-refractivity contribution in [3.05, 3.63) is 0 Å². The van der Waals surface area contributed by atoms with Gasteiger partial charge in [-0.05, 0) is 37.5 Å². The zero-order valence-corrected chi connectivity index (χ0v) is 60.9. The molecule has 19 heteroatoms. The Morgan fingerprint density at radius 1 is 0.297 bits per heavy atom. The molecule has 17 nitrogen and oxygen atoms in total. The minimum absolute atomic E-state index is 0.103. The number of carbonyl (C=O) groups excluding carboxylic acids is 4. The topological polar surface area (TPSA) is 237 Å². The van der Waals surface area contributed by atoms with Gasteiger partial charge in [-0.25, -0.2) is 9.13 Å². The SMILES string of the molecule is CCCCCCCCCCCCCCCCCCCC(=O)OC[C@H](COP(=O)(O)OC[C@@H](O)COP(=O)(O)OC[C@@H](COC(=O)CCCCCCCCC)OC(=O)CCCCCCCCCC(C)C)OC(=O)CCCCCCCCCCCCCCCCC(C)C. The highest BCUT2D eigenvalue weighted by molar-refractivity contribution is 7.47. The second-order valence-corrected chi connectivity index (χ2v) is 29.8. The van der Waals surface area contributed by atoms with E-state index in [1.165, 1.54) is 173 Å². The highest BCUT2D eigenvalue weighted by atomic mass is 31.2. The molecule has 0 saturated carbocycles. The van der Waals surface area contributed by atoms with Crippen molar-refractivity contribution in [2.75, 3.05) is 39.6 Å². The quantitative estimate of drug-likeness (QED) is 0.0222. The van der Waals surface area contributed by atoms with Crippen LogP contribution in [0.4, 0.5) is 0 Å². The van der Waals surface area contributed by atoms with Crippen LogP contribution in [-0.4, -0.2) is 96.7 Å².